The Morgan fingerprint density at radius 3 is 2.78 bits per heavy atom. The highest BCUT2D eigenvalue weighted by Gasteiger charge is 2.23. The van der Waals surface area contributed by atoms with E-state index in [1.807, 2.05) is 0 Å². The van der Waals surface area contributed by atoms with E-state index in [9.17, 15) is 4.39 Å². The topological polar surface area (TPSA) is 28.2 Å². The number of benzene rings is 1. The third kappa shape index (κ3) is 2.20. The second-order valence-corrected chi connectivity index (χ2v) is 5.99. The second-order valence-electron chi connectivity index (χ2n) is 4.98. The fraction of sp³-hybridized carbons (Fsp3) is 0.462. The van der Waals surface area contributed by atoms with Crippen LogP contribution in [0.15, 0.2) is 18.2 Å². The first-order chi connectivity index (χ1) is 8.61. The normalized spacial score (nSPS) is 24.7. The first kappa shape index (κ1) is 11.9. The van der Waals surface area contributed by atoms with Crippen LogP contribution in [0.4, 0.5) is 9.52 Å². The predicted octanol–water partition coefficient (Wildman–Crippen LogP) is 2.62. The van der Waals surface area contributed by atoms with Gasteiger partial charge in [-0.25, -0.2) is 9.37 Å². The minimum atomic E-state index is -0.195. The van der Waals surface area contributed by atoms with Crippen molar-refractivity contribution < 1.29 is 4.39 Å². The van der Waals surface area contributed by atoms with Crippen molar-refractivity contribution in [2.45, 2.75) is 25.9 Å². The third-order valence-electron chi connectivity index (χ3n) is 3.17. The molecule has 1 aromatic heterocycles. The van der Waals surface area contributed by atoms with Crippen molar-refractivity contribution in [3.63, 3.8) is 0 Å². The van der Waals surface area contributed by atoms with Crippen LogP contribution in [0.5, 0.6) is 0 Å². The highest BCUT2D eigenvalue weighted by atomic mass is 32.1. The number of fused-ring (bicyclic) bond motifs is 1. The lowest BCUT2D eigenvalue weighted by Gasteiger charge is -2.35. The first-order valence-electron chi connectivity index (χ1n) is 6.19. The summed E-state index contributed by atoms with van der Waals surface area (Å²) in [4.78, 5) is 6.88. The smallest absolute Gasteiger partial charge is 0.186 e. The van der Waals surface area contributed by atoms with E-state index in [2.05, 4.69) is 29.0 Å². The fourth-order valence-electron chi connectivity index (χ4n) is 2.50. The van der Waals surface area contributed by atoms with Crippen LogP contribution in [0.3, 0.4) is 0 Å². The average Bonchev–Trinajstić information content (AvgIpc) is 2.70. The Balaban J connectivity index is 1.93. The molecule has 1 fully saturated rings. The largest absolute Gasteiger partial charge is 0.345 e. The quantitative estimate of drug-likeness (QED) is 0.859. The van der Waals surface area contributed by atoms with Gasteiger partial charge >= 0.3 is 0 Å². The number of nitrogens with one attached hydrogen (secondary N) is 1. The molecule has 3 rings (SSSR count). The molecule has 2 heterocycles. The van der Waals surface area contributed by atoms with Crippen LogP contribution in [0.25, 0.3) is 10.2 Å². The lowest BCUT2D eigenvalue weighted by atomic mass is 10.2. The Kier molecular flexibility index (Phi) is 2.95. The summed E-state index contributed by atoms with van der Waals surface area (Å²) in [7, 11) is 0. The van der Waals surface area contributed by atoms with E-state index in [1.165, 1.54) is 6.07 Å². The Morgan fingerprint density at radius 1 is 1.33 bits per heavy atom. The zero-order valence-corrected chi connectivity index (χ0v) is 11.3. The maximum atomic E-state index is 13.2. The summed E-state index contributed by atoms with van der Waals surface area (Å²) in [6.45, 7) is 6.25. The molecule has 1 aromatic carbocycles. The Bertz CT molecular complexity index is 558. The molecule has 0 bridgehead atoms. The maximum Gasteiger partial charge on any atom is 0.186 e. The summed E-state index contributed by atoms with van der Waals surface area (Å²) >= 11 is 1.57. The van der Waals surface area contributed by atoms with Gasteiger partial charge in [-0.2, -0.15) is 0 Å². The number of aromatic nitrogens is 1. The van der Waals surface area contributed by atoms with Crippen molar-refractivity contribution in [1.29, 1.82) is 0 Å². The summed E-state index contributed by atoms with van der Waals surface area (Å²) in [5.41, 5.74) is 0.884. The van der Waals surface area contributed by atoms with Crippen molar-refractivity contribution in [1.82, 2.24) is 10.3 Å². The number of halogens is 1. The monoisotopic (exact) mass is 265 g/mol. The van der Waals surface area contributed by atoms with Gasteiger partial charge in [0, 0.05) is 25.2 Å². The van der Waals surface area contributed by atoms with E-state index in [-0.39, 0.29) is 5.82 Å². The molecule has 1 aliphatic rings. The molecule has 18 heavy (non-hydrogen) atoms. The molecule has 96 valence electrons. The molecule has 0 saturated carbocycles. The van der Waals surface area contributed by atoms with Gasteiger partial charge in [-0.1, -0.05) is 11.3 Å². The van der Waals surface area contributed by atoms with Crippen LogP contribution in [-0.2, 0) is 0 Å². The number of rotatable bonds is 1. The summed E-state index contributed by atoms with van der Waals surface area (Å²) in [5.74, 6) is -0.195. The highest BCUT2D eigenvalue weighted by molar-refractivity contribution is 7.22. The molecule has 2 unspecified atom stereocenters. The van der Waals surface area contributed by atoms with Gasteiger partial charge in [-0.15, -0.1) is 0 Å². The van der Waals surface area contributed by atoms with Crippen LogP contribution in [-0.4, -0.2) is 30.2 Å². The van der Waals surface area contributed by atoms with Gasteiger partial charge in [-0.3, -0.25) is 0 Å². The Labute approximate surface area is 110 Å². The molecule has 0 aliphatic carbocycles. The summed E-state index contributed by atoms with van der Waals surface area (Å²) in [6.07, 6.45) is 0. The summed E-state index contributed by atoms with van der Waals surface area (Å²) < 4.78 is 14.1. The minimum absolute atomic E-state index is 0.195. The van der Waals surface area contributed by atoms with Crippen LogP contribution in [0, 0.1) is 5.82 Å². The Hall–Kier alpha value is -1.20. The van der Waals surface area contributed by atoms with E-state index in [0.29, 0.717) is 12.1 Å². The van der Waals surface area contributed by atoms with Crippen LogP contribution in [0.2, 0.25) is 0 Å². The van der Waals surface area contributed by atoms with Gasteiger partial charge in [-0.05, 0) is 32.0 Å². The maximum absolute atomic E-state index is 13.2. The van der Waals surface area contributed by atoms with Gasteiger partial charge < -0.3 is 10.2 Å². The highest BCUT2D eigenvalue weighted by Crippen LogP contribution is 2.30. The molecule has 0 amide bonds. The molecule has 1 saturated heterocycles. The number of anilines is 1. The van der Waals surface area contributed by atoms with E-state index in [0.717, 1.165) is 28.4 Å². The van der Waals surface area contributed by atoms with Crippen molar-refractivity contribution in [3.05, 3.63) is 24.0 Å². The number of nitrogens with zero attached hydrogens (tertiary/aromatic N) is 2. The van der Waals surface area contributed by atoms with Crippen LogP contribution < -0.4 is 10.2 Å². The van der Waals surface area contributed by atoms with Crippen molar-refractivity contribution in [3.8, 4) is 0 Å². The van der Waals surface area contributed by atoms with E-state index in [1.54, 1.807) is 23.5 Å². The van der Waals surface area contributed by atoms with Gasteiger partial charge in [0.2, 0.25) is 0 Å². The number of hydrogen-bond acceptors (Lipinski definition) is 4. The lowest BCUT2D eigenvalue weighted by molar-refractivity contribution is 0.407. The second kappa shape index (κ2) is 4.48. The summed E-state index contributed by atoms with van der Waals surface area (Å²) in [5, 5.41) is 4.49. The molecule has 2 aromatic rings. The first-order valence-corrected chi connectivity index (χ1v) is 7.00. The number of hydrogen-bond donors (Lipinski definition) is 1. The molecule has 2 atom stereocenters. The van der Waals surface area contributed by atoms with E-state index < -0.39 is 0 Å². The molecule has 0 radical (unpaired) electrons. The van der Waals surface area contributed by atoms with Crippen LogP contribution in [0.1, 0.15) is 13.8 Å². The van der Waals surface area contributed by atoms with E-state index >= 15 is 0 Å². The zero-order chi connectivity index (χ0) is 12.7. The molecular formula is C13H16FN3S. The van der Waals surface area contributed by atoms with Gasteiger partial charge in [0.1, 0.15) is 5.82 Å². The average molecular weight is 265 g/mol. The lowest BCUT2D eigenvalue weighted by Crippen LogP contribution is -2.54. The molecule has 3 nitrogen and oxygen atoms in total. The van der Waals surface area contributed by atoms with Crippen LogP contribution >= 0.6 is 11.3 Å². The zero-order valence-electron chi connectivity index (χ0n) is 10.5. The molecule has 1 aliphatic heterocycles. The molecular weight excluding hydrogens is 249 g/mol. The van der Waals surface area contributed by atoms with Gasteiger partial charge in [0.05, 0.1) is 10.2 Å². The standard InChI is InChI=1S/C13H16FN3S/c1-8-6-17(7-9(2)15-8)13-16-11-4-3-10(14)5-12(11)18-13/h3-5,8-9,15H,6-7H2,1-2H3. The van der Waals surface area contributed by atoms with Gasteiger partial charge in [0.15, 0.2) is 5.13 Å². The minimum Gasteiger partial charge on any atom is -0.345 e. The fourth-order valence-corrected chi connectivity index (χ4v) is 3.51. The number of thiazole rings is 1. The molecule has 1 N–H and O–H groups in total. The van der Waals surface area contributed by atoms with Crippen molar-refractivity contribution in [2.75, 3.05) is 18.0 Å². The van der Waals surface area contributed by atoms with E-state index in [4.69, 9.17) is 0 Å². The Morgan fingerprint density at radius 2 is 2.06 bits per heavy atom. The van der Waals surface area contributed by atoms with Crippen molar-refractivity contribution in [2.24, 2.45) is 0 Å². The molecule has 0 spiro atoms. The SMILES string of the molecule is CC1CN(c2nc3ccc(F)cc3s2)CC(C)N1. The molecule has 5 heteroatoms. The third-order valence-corrected chi connectivity index (χ3v) is 4.25. The predicted molar refractivity (Wildman–Crippen MR) is 73.9 cm³/mol. The number of piperazine rings is 1. The van der Waals surface area contributed by atoms with Gasteiger partial charge in [0.25, 0.3) is 0 Å². The summed E-state index contributed by atoms with van der Waals surface area (Å²) in [6, 6.07) is 5.69. The van der Waals surface area contributed by atoms with Crippen molar-refractivity contribution >= 4 is 26.7 Å².